The molecule has 2 aromatic heterocycles. The molecule has 2 aliphatic carbocycles. The van der Waals surface area contributed by atoms with Crippen LogP contribution in [0, 0.1) is 18.8 Å². The Hall–Kier alpha value is -5.01. The third-order valence-corrected chi connectivity index (χ3v) is 11.1. The summed E-state index contributed by atoms with van der Waals surface area (Å²) in [6.07, 6.45) is -3.05. The van der Waals surface area contributed by atoms with E-state index in [1.54, 1.807) is 45.0 Å². The number of carbonyl (C=O) groups is 4. The topological polar surface area (TPSA) is 221 Å². The third-order valence-electron chi connectivity index (χ3n) is 9.31. The van der Waals surface area contributed by atoms with Crippen LogP contribution in [0.4, 0.5) is 8.78 Å². The number of hydrogen-bond donors (Lipinski definition) is 3. The first kappa shape index (κ1) is 35.8. The van der Waals surface area contributed by atoms with Crippen LogP contribution in [-0.4, -0.2) is 105 Å². The number of benzene rings is 1. The molecule has 6 rings (SSSR count). The lowest BCUT2D eigenvalue weighted by Crippen LogP contribution is -2.59. The van der Waals surface area contributed by atoms with Crippen molar-refractivity contribution in [1.29, 1.82) is 0 Å². The Labute approximate surface area is 290 Å². The highest BCUT2D eigenvalue weighted by atomic mass is 32.2. The largest absolute Gasteiger partial charge is 0.497 e. The number of carbonyl (C=O) groups excluding carboxylic acids is 4. The first-order valence-electron chi connectivity index (χ1n) is 16.3. The van der Waals surface area contributed by atoms with Crippen LogP contribution < -0.4 is 20.1 Å². The van der Waals surface area contributed by atoms with Crippen molar-refractivity contribution in [3.8, 4) is 17.1 Å². The van der Waals surface area contributed by atoms with Gasteiger partial charge in [-0.1, -0.05) is 19.0 Å². The number of nitrogens with zero attached hydrogens (tertiary/aromatic N) is 6. The Morgan fingerprint density at radius 2 is 1.82 bits per heavy atom. The smallest absolute Gasteiger partial charge is 0.290 e. The Bertz CT molecular complexity index is 1930. The molecule has 20 heteroatoms. The molecule has 3 N–H and O–H groups in total. The molecule has 3 heterocycles. The molecule has 1 unspecified atom stereocenters. The quantitative estimate of drug-likeness (QED) is 0.224. The molecule has 51 heavy (non-hydrogen) atoms. The van der Waals surface area contributed by atoms with E-state index >= 15 is 0 Å². The van der Waals surface area contributed by atoms with Crippen LogP contribution in [0.5, 0.6) is 5.75 Å². The van der Waals surface area contributed by atoms with E-state index in [0.29, 0.717) is 29.8 Å². The Kier molecular flexibility index (Phi) is 9.55. The van der Waals surface area contributed by atoms with Gasteiger partial charge in [0.05, 0.1) is 30.0 Å². The number of aryl methyl sites for hydroxylation is 1. The number of tetrazole rings is 1. The summed E-state index contributed by atoms with van der Waals surface area (Å²) in [5.74, 6) is -5.11. The second kappa shape index (κ2) is 13.6. The van der Waals surface area contributed by atoms with Crippen LogP contribution >= 0.6 is 0 Å². The van der Waals surface area contributed by atoms with Gasteiger partial charge >= 0.3 is 0 Å². The van der Waals surface area contributed by atoms with E-state index in [1.807, 2.05) is 4.72 Å². The fourth-order valence-corrected chi connectivity index (χ4v) is 7.49. The van der Waals surface area contributed by atoms with Crippen LogP contribution in [0.15, 0.2) is 34.9 Å². The van der Waals surface area contributed by atoms with Gasteiger partial charge in [-0.3, -0.25) is 23.9 Å². The maximum absolute atomic E-state index is 14.2. The highest BCUT2D eigenvalue weighted by Crippen LogP contribution is 2.48. The maximum Gasteiger partial charge on any atom is 0.290 e. The van der Waals surface area contributed by atoms with Gasteiger partial charge in [0.2, 0.25) is 39.8 Å². The third kappa shape index (κ3) is 7.26. The van der Waals surface area contributed by atoms with E-state index in [1.165, 1.54) is 22.9 Å². The van der Waals surface area contributed by atoms with E-state index in [0.717, 1.165) is 0 Å². The SMILES string of the molecule is COc1ccc(-c2nnn([C@@H]3CC(C(=O)N[C@]4(C(=O)NS(=O)(=O)C5CC5)C[C@H]4C(F)F)N(C(=O)[C@@H](NC(=O)c4cc(C)no4)C(C)C)C3)n2)cc1. The molecule has 1 aromatic carbocycles. The first-order valence-corrected chi connectivity index (χ1v) is 17.8. The van der Waals surface area contributed by atoms with Crippen LogP contribution in [0.3, 0.4) is 0 Å². The standard InChI is InChI=1S/C31H37F2N9O8S/c1-15(2)24(34-28(44)23-11-16(3)38-50-23)29(45)41-14-18(42-37-26(36-40-42)17-5-7-19(49-4)8-6-17)12-22(41)27(43)35-31(13-21(31)25(32)33)30(46)39-51(47,48)20-9-10-20/h5-8,11,15,18,20-22,24-25H,9-10,12-14H2,1-4H3,(H,34,44)(H,35,43)(H,39,46)/t18-,21+,22?,24+,31-/m1/s1. The molecule has 17 nitrogen and oxygen atoms in total. The van der Waals surface area contributed by atoms with Crippen molar-refractivity contribution in [2.45, 2.75) is 81.8 Å². The van der Waals surface area contributed by atoms with E-state index in [4.69, 9.17) is 9.26 Å². The number of aromatic nitrogens is 5. The number of sulfonamides is 1. The Balaban J connectivity index is 1.28. The van der Waals surface area contributed by atoms with Crippen LogP contribution in [0.2, 0.25) is 0 Å². The fourth-order valence-electron chi connectivity index (χ4n) is 6.12. The molecule has 2 saturated carbocycles. The van der Waals surface area contributed by atoms with Gasteiger partial charge in [0, 0.05) is 24.6 Å². The number of rotatable bonds is 13. The molecule has 0 radical (unpaired) electrons. The van der Waals surface area contributed by atoms with Crippen molar-refractivity contribution < 1.29 is 45.6 Å². The number of methoxy groups -OCH3 is 1. The molecular formula is C31H37F2N9O8S. The Morgan fingerprint density at radius 3 is 2.39 bits per heavy atom. The highest BCUT2D eigenvalue weighted by molar-refractivity contribution is 7.91. The summed E-state index contributed by atoms with van der Waals surface area (Å²) in [7, 11) is -2.60. The Morgan fingerprint density at radius 1 is 1.12 bits per heavy atom. The summed E-state index contributed by atoms with van der Waals surface area (Å²) in [5, 5.41) is 20.6. The predicted molar refractivity (Wildman–Crippen MR) is 171 cm³/mol. The van der Waals surface area contributed by atoms with Crippen molar-refractivity contribution >= 4 is 33.7 Å². The lowest BCUT2D eigenvalue weighted by Gasteiger charge is -2.31. The number of nitrogens with one attached hydrogen (secondary N) is 3. The van der Waals surface area contributed by atoms with Crippen LogP contribution in [-0.2, 0) is 24.4 Å². The zero-order valence-corrected chi connectivity index (χ0v) is 28.9. The molecule has 274 valence electrons. The maximum atomic E-state index is 14.2. The van der Waals surface area contributed by atoms with E-state index in [2.05, 4.69) is 31.2 Å². The van der Waals surface area contributed by atoms with Crippen molar-refractivity contribution in [3.63, 3.8) is 0 Å². The number of halogens is 2. The second-order valence-electron chi connectivity index (χ2n) is 13.4. The number of alkyl halides is 2. The van der Waals surface area contributed by atoms with E-state index in [-0.39, 0.29) is 24.6 Å². The molecule has 1 aliphatic heterocycles. The minimum atomic E-state index is -4.13. The molecule has 3 aliphatic rings. The number of amides is 4. The summed E-state index contributed by atoms with van der Waals surface area (Å²) >= 11 is 0. The van der Waals surface area contributed by atoms with Gasteiger partial charge in [0.25, 0.3) is 11.8 Å². The lowest BCUT2D eigenvalue weighted by atomic mass is 10.0. The molecule has 0 bridgehead atoms. The van der Waals surface area contributed by atoms with Gasteiger partial charge in [0.15, 0.2) is 0 Å². The van der Waals surface area contributed by atoms with Gasteiger partial charge in [-0.15, -0.1) is 10.2 Å². The molecule has 5 atom stereocenters. The van der Waals surface area contributed by atoms with Crippen LogP contribution in [0.25, 0.3) is 11.4 Å². The van der Waals surface area contributed by atoms with Crippen molar-refractivity contribution in [1.82, 2.24) is 45.6 Å². The average Bonchev–Trinajstić information content (AvgIpc) is 3.90. The monoisotopic (exact) mass is 733 g/mol. The normalized spacial score (nSPS) is 23.6. The summed E-state index contributed by atoms with van der Waals surface area (Å²) in [6.45, 7) is 4.80. The second-order valence-corrected chi connectivity index (χ2v) is 15.3. The van der Waals surface area contributed by atoms with Crippen LogP contribution in [0.1, 0.15) is 61.8 Å². The number of hydrogen-bond acceptors (Lipinski definition) is 12. The van der Waals surface area contributed by atoms with Crippen molar-refractivity contribution in [2.24, 2.45) is 11.8 Å². The van der Waals surface area contributed by atoms with Gasteiger partial charge in [-0.2, -0.15) is 4.80 Å². The molecule has 0 spiro atoms. The van der Waals surface area contributed by atoms with Gasteiger partial charge in [-0.25, -0.2) is 17.2 Å². The summed E-state index contributed by atoms with van der Waals surface area (Å²) in [6, 6.07) is 4.93. The van der Waals surface area contributed by atoms with Crippen molar-refractivity contribution in [2.75, 3.05) is 13.7 Å². The lowest BCUT2D eigenvalue weighted by molar-refractivity contribution is -0.141. The zero-order valence-electron chi connectivity index (χ0n) is 28.1. The summed E-state index contributed by atoms with van der Waals surface area (Å²) in [4.78, 5) is 56.9. The molecular weight excluding hydrogens is 696 g/mol. The zero-order chi connectivity index (χ0) is 36.8. The van der Waals surface area contributed by atoms with E-state index < -0.39 is 87.2 Å². The fraction of sp³-hybridized carbons (Fsp3) is 0.548. The van der Waals surface area contributed by atoms with Gasteiger partial charge in [0.1, 0.15) is 23.4 Å². The minimum absolute atomic E-state index is 0.131. The first-order chi connectivity index (χ1) is 24.1. The van der Waals surface area contributed by atoms with Gasteiger partial charge in [-0.05, 0) is 61.6 Å². The summed E-state index contributed by atoms with van der Waals surface area (Å²) < 4.78 is 65.2. The average molecular weight is 734 g/mol. The summed E-state index contributed by atoms with van der Waals surface area (Å²) in [5.41, 5.74) is -1.18. The van der Waals surface area contributed by atoms with Gasteiger partial charge < -0.3 is 24.8 Å². The molecule has 4 amide bonds. The minimum Gasteiger partial charge on any atom is -0.497 e. The van der Waals surface area contributed by atoms with E-state index in [9.17, 15) is 36.4 Å². The molecule has 1 saturated heterocycles. The highest BCUT2D eigenvalue weighted by Gasteiger charge is 2.66. The number of ether oxygens (including phenoxy) is 1. The molecule has 3 aromatic rings. The number of likely N-dealkylation sites (tertiary alicyclic amines) is 1. The van der Waals surface area contributed by atoms with Crippen molar-refractivity contribution in [3.05, 3.63) is 41.8 Å². The molecule has 3 fully saturated rings. The predicted octanol–water partition coefficient (Wildman–Crippen LogP) is 0.990.